The molecular formula is C22H22N2O3. The Balaban J connectivity index is 1.86. The number of rotatable bonds is 6. The van der Waals surface area contributed by atoms with E-state index in [0.29, 0.717) is 17.0 Å². The van der Waals surface area contributed by atoms with Gasteiger partial charge in [-0.3, -0.25) is 14.2 Å². The van der Waals surface area contributed by atoms with Gasteiger partial charge in [-0.05, 0) is 42.3 Å². The van der Waals surface area contributed by atoms with Crippen molar-refractivity contribution < 1.29 is 9.53 Å². The van der Waals surface area contributed by atoms with Crippen molar-refractivity contribution in [3.05, 3.63) is 94.4 Å². The van der Waals surface area contributed by atoms with Crippen LogP contribution in [0.5, 0.6) is 5.75 Å². The molecule has 5 nitrogen and oxygen atoms in total. The summed E-state index contributed by atoms with van der Waals surface area (Å²) >= 11 is 0. The summed E-state index contributed by atoms with van der Waals surface area (Å²) in [5.74, 6) is 0.488. The maximum atomic E-state index is 12.7. The van der Waals surface area contributed by atoms with Gasteiger partial charge in [0.1, 0.15) is 5.75 Å². The zero-order valence-electron chi connectivity index (χ0n) is 15.4. The van der Waals surface area contributed by atoms with Crippen molar-refractivity contribution in [1.82, 2.24) is 9.88 Å². The maximum Gasteiger partial charge on any atom is 0.255 e. The largest absolute Gasteiger partial charge is 0.497 e. The third-order valence-electron chi connectivity index (χ3n) is 4.44. The number of hydrogen-bond acceptors (Lipinski definition) is 3. The highest BCUT2D eigenvalue weighted by Gasteiger charge is 2.15. The molecule has 1 heterocycles. The summed E-state index contributed by atoms with van der Waals surface area (Å²) < 4.78 is 6.60. The van der Waals surface area contributed by atoms with Crippen molar-refractivity contribution in [3.63, 3.8) is 0 Å². The van der Waals surface area contributed by atoms with Crippen LogP contribution in [0, 0.1) is 0 Å². The lowest BCUT2D eigenvalue weighted by molar-refractivity contribution is 0.0935. The predicted molar refractivity (Wildman–Crippen MR) is 106 cm³/mol. The van der Waals surface area contributed by atoms with Crippen molar-refractivity contribution in [3.8, 4) is 11.4 Å². The van der Waals surface area contributed by atoms with Crippen LogP contribution in [-0.2, 0) is 0 Å². The number of benzene rings is 2. The van der Waals surface area contributed by atoms with Crippen molar-refractivity contribution in [2.24, 2.45) is 0 Å². The topological polar surface area (TPSA) is 60.3 Å². The molecule has 5 heteroatoms. The van der Waals surface area contributed by atoms with Gasteiger partial charge in [-0.25, -0.2) is 0 Å². The van der Waals surface area contributed by atoms with Crippen LogP contribution in [0.25, 0.3) is 5.69 Å². The Labute approximate surface area is 158 Å². The zero-order valence-corrected chi connectivity index (χ0v) is 15.4. The summed E-state index contributed by atoms with van der Waals surface area (Å²) in [7, 11) is 1.59. The van der Waals surface area contributed by atoms with E-state index >= 15 is 0 Å². The average molecular weight is 362 g/mol. The highest BCUT2D eigenvalue weighted by atomic mass is 16.5. The standard InChI is InChI=1S/C22H22N2O3/c1-3-20(16-7-5-4-6-8-16)23-22(26)17-9-14-21(25)24(15-17)18-10-12-19(27-2)13-11-18/h4-15,20H,3H2,1-2H3,(H,23,26). The molecule has 1 N–H and O–H groups in total. The van der Waals surface area contributed by atoms with E-state index in [1.165, 1.54) is 10.6 Å². The quantitative estimate of drug-likeness (QED) is 0.727. The molecule has 0 aliphatic heterocycles. The molecule has 0 saturated heterocycles. The van der Waals surface area contributed by atoms with Crippen molar-refractivity contribution in [2.45, 2.75) is 19.4 Å². The third kappa shape index (κ3) is 4.26. The summed E-state index contributed by atoms with van der Waals surface area (Å²) in [6, 6.07) is 19.8. The zero-order chi connectivity index (χ0) is 19.2. The molecule has 138 valence electrons. The first-order valence-electron chi connectivity index (χ1n) is 8.85. The highest BCUT2D eigenvalue weighted by molar-refractivity contribution is 5.94. The second-order valence-corrected chi connectivity index (χ2v) is 6.17. The van der Waals surface area contributed by atoms with E-state index < -0.39 is 0 Å². The SMILES string of the molecule is CCC(NC(=O)c1ccc(=O)n(-c2ccc(OC)cc2)c1)c1ccccc1. The molecule has 0 aliphatic carbocycles. The number of nitrogens with zero attached hydrogens (tertiary/aromatic N) is 1. The summed E-state index contributed by atoms with van der Waals surface area (Å²) in [6.07, 6.45) is 2.34. The number of pyridine rings is 1. The minimum Gasteiger partial charge on any atom is -0.497 e. The summed E-state index contributed by atoms with van der Waals surface area (Å²) in [5.41, 5.74) is 1.95. The molecule has 0 fully saturated rings. The smallest absolute Gasteiger partial charge is 0.255 e. The second-order valence-electron chi connectivity index (χ2n) is 6.17. The van der Waals surface area contributed by atoms with Crippen LogP contribution in [0.3, 0.4) is 0 Å². The molecule has 27 heavy (non-hydrogen) atoms. The van der Waals surface area contributed by atoms with Gasteiger partial charge in [0.25, 0.3) is 11.5 Å². The second kappa shape index (κ2) is 8.36. The normalized spacial score (nSPS) is 11.6. The molecule has 0 bridgehead atoms. The molecule has 0 radical (unpaired) electrons. The van der Waals surface area contributed by atoms with Crippen molar-refractivity contribution in [2.75, 3.05) is 7.11 Å². The van der Waals surface area contributed by atoms with Gasteiger partial charge >= 0.3 is 0 Å². The van der Waals surface area contributed by atoms with E-state index in [2.05, 4.69) is 5.32 Å². The average Bonchev–Trinajstić information content (AvgIpc) is 2.73. The third-order valence-corrected chi connectivity index (χ3v) is 4.44. The Morgan fingerprint density at radius 1 is 1.04 bits per heavy atom. The molecule has 0 aliphatic rings. The molecule has 1 unspecified atom stereocenters. The number of ether oxygens (including phenoxy) is 1. The number of amides is 1. The molecule has 2 aromatic carbocycles. The molecule has 1 amide bonds. The first-order chi connectivity index (χ1) is 13.1. The van der Waals surface area contributed by atoms with Gasteiger partial charge in [-0.15, -0.1) is 0 Å². The molecular weight excluding hydrogens is 340 g/mol. The Morgan fingerprint density at radius 2 is 1.74 bits per heavy atom. The molecule has 0 saturated carbocycles. The van der Waals surface area contributed by atoms with Crippen LogP contribution in [0.4, 0.5) is 0 Å². The number of nitrogens with one attached hydrogen (secondary N) is 1. The van der Waals surface area contributed by atoms with Crippen LogP contribution in [0.2, 0.25) is 0 Å². The van der Waals surface area contributed by atoms with E-state index in [1.807, 2.05) is 37.3 Å². The van der Waals surface area contributed by atoms with Gasteiger partial charge in [0, 0.05) is 18.0 Å². The van der Waals surface area contributed by atoms with E-state index in [-0.39, 0.29) is 17.5 Å². The predicted octanol–water partition coefficient (Wildman–Crippen LogP) is 3.73. The fourth-order valence-corrected chi connectivity index (χ4v) is 2.91. The lowest BCUT2D eigenvalue weighted by Crippen LogP contribution is -2.29. The summed E-state index contributed by atoms with van der Waals surface area (Å²) in [6.45, 7) is 2.02. The Hall–Kier alpha value is -3.34. The first-order valence-corrected chi connectivity index (χ1v) is 8.85. The molecule has 1 aromatic heterocycles. The van der Waals surface area contributed by atoms with Gasteiger partial charge in [0.15, 0.2) is 0 Å². The Kier molecular flexibility index (Phi) is 5.71. The van der Waals surface area contributed by atoms with E-state index in [9.17, 15) is 9.59 Å². The number of carbonyl (C=O) groups excluding carboxylic acids is 1. The van der Waals surface area contributed by atoms with Crippen LogP contribution in [-0.4, -0.2) is 17.6 Å². The summed E-state index contributed by atoms with van der Waals surface area (Å²) in [4.78, 5) is 25.0. The Bertz CT molecular complexity index is 963. The minimum atomic E-state index is -0.215. The fraction of sp³-hybridized carbons (Fsp3) is 0.182. The van der Waals surface area contributed by atoms with E-state index in [4.69, 9.17) is 4.74 Å². The van der Waals surface area contributed by atoms with Crippen LogP contribution in [0.1, 0.15) is 35.3 Å². The highest BCUT2D eigenvalue weighted by Crippen LogP contribution is 2.17. The van der Waals surface area contributed by atoms with Crippen LogP contribution in [0.15, 0.2) is 77.7 Å². The van der Waals surface area contributed by atoms with Gasteiger partial charge in [-0.1, -0.05) is 37.3 Å². The molecule has 3 rings (SSSR count). The molecule has 1 atom stereocenters. The van der Waals surface area contributed by atoms with Crippen molar-refractivity contribution in [1.29, 1.82) is 0 Å². The van der Waals surface area contributed by atoms with Gasteiger partial charge in [0.05, 0.1) is 18.7 Å². The summed E-state index contributed by atoms with van der Waals surface area (Å²) in [5, 5.41) is 3.04. The van der Waals surface area contributed by atoms with Crippen LogP contribution >= 0.6 is 0 Å². The number of aromatic nitrogens is 1. The number of carbonyl (C=O) groups is 1. The van der Waals surface area contributed by atoms with Gasteiger partial charge < -0.3 is 10.1 Å². The van der Waals surface area contributed by atoms with Crippen LogP contribution < -0.4 is 15.6 Å². The lowest BCUT2D eigenvalue weighted by atomic mass is 10.0. The molecule has 3 aromatic rings. The molecule has 0 spiro atoms. The van der Waals surface area contributed by atoms with E-state index in [1.54, 1.807) is 43.6 Å². The first kappa shape index (κ1) is 18.5. The number of methoxy groups -OCH3 is 1. The maximum absolute atomic E-state index is 12.7. The van der Waals surface area contributed by atoms with Gasteiger partial charge in [-0.2, -0.15) is 0 Å². The van der Waals surface area contributed by atoms with Gasteiger partial charge in [0.2, 0.25) is 0 Å². The minimum absolute atomic E-state index is 0.0833. The number of hydrogen-bond donors (Lipinski definition) is 1. The fourth-order valence-electron chi connectivity index (χ4n) is 2.91. The van der Waals surface area contributed by atoms with E-state index in [0.717, 1.165) is 12.0 Å². The monoisotopic (exact) mass is 362 g/mol. The van der Waals surface area contributed by atoms with Crippen molar-refractivity contribution >= 4 is 5.91 Å². The lowest BCUT2D eigenvalue weighted by Gasteiger charge is -2.18. The Morgan fingerprint density at radius 3 is 2.37 bits per heavy atom.